The van der Waals surface area contributed by atoms with Gasteiger partial charge in [-0.05, 0) is 11.4 Å². The fraction of sp³-hybridized carbons (Fsp3) is 0.312. The van der Waals surface area contributed by atoms with Crippen molar-refractivity contribution in [2.45, 2.75) is 6.04 Å². The maximum atomic E-state index is 13.0. The first kappa shape index (κ1) is 20.9. The maximum Gasteiger partial charge on any atom is 0.274 e. The molecule has 26 heavy (non-hydrogen) atoms. The molecule has 1 unspecified atom stereocenters. The highest BCUT2D eigenvalue weighted by Crippen LogP contribution is 2.29. The highest BCUT2D eigenvalue weighted by molar-refractivity contribution is 7.20. The van der Waals surface area contributed by atoms with Crippen LogP contribution in [0.3, 0.4) is 0 Å². The summed E-state index contributed by atoms with van der Waals surface area (Å²) in [4.78, 5) is 25.0. The highest BCUT2D eigenvalue weighted by atomic mass is 35.5. The van der Waals surface area contributed by atoms with Crippen molar-refractivity contribution in [1.29, 1.82) is 0 Å². The molecule has 3 aromatic rings. The molecule has 10 heteroatoms. The van der Waals surface area contributed by atoms with Crippen LogP contribution in [0.25, 0.3) is 9.88 Å². The molecule has 1 aliphatic heterocycles. The lowest BCUT2D eigenvalue weighted by Crippen LogP contribution is -2.49. The minimum atomic E-state index is -0.0712. The number of amides is 1. The van der Waals surface area contributed by atoms with E-state index in [1.165, 1.54) is 11.3 Å². The summed E-state index contributed by atoms with van der Waals surface area (Å²) in [6.45, 7) is 2.15. The van der Waals surface area contributed by atoms with Crippen molar-refractivity contribution in [2.75, 3.05) is 19.6 Å². The Hall–Kier alpha value is -1.45. The van der Waals surface area contributed by atoms with E-state index in [0.717, 1.165) is 22.3 Å². The molecule has 0 aliphatic carbocycles. The third-order valence-corrected chi connectivity index (χ3v) is 6.00. The number of aryl methyl sites for hydroxylation is 1. The Morgan fingerprint density at radius 2 is 2.19 bits per heavy atom. The number of rotatable bonds is 3. The lowest BCUT2D eigenvalue weighted by Gasteiger charge is -2.35. The molecule has 1 atom stereocenters. The van der Waals surface area contributed by atoms with Crippen LogP contribution in [-0.2, 0) is 7.05 Å². The first-order valence-corrected chi connectivity index (χ1v) is 9.48. The zero-order valence-electron chi connectivity index (χ0n) is 14.0. The Morgan fingerprint density at radius 3 is 2.88 bits per heavy atom. The molecular formula is C16H19Cl2N5OS2. The average Bonchev–Trinajstić information content (AvgIpc) is 3.35. The standard InChI is InChI=1S/C16H17N5OS2.2ClH/c1-20-6-5-18-14(20)12-9-17-4-7-21(12)16(22)11-10-24-15(19-11)13-3-2-8-23-13;;/h2-3,5-6,8,10,12,17H,4,7,9H2,1H3;2*1H. The topological polar surface area (TPSA) is 63.1 Å². The number of piperazine rings is 1. The summed E-state index contributed by atoms with van der Waals surface area (Å²) in [5.41, 5.74) is 0.518. The third kappa shape index (κ3) is 3.94. The van der Waals surface area contributed by atoms with E-state index in [1.54, 1.807) is 17.5 Å². The molecule has 1 fully saturated rings. The van der Waals surface area contributed by atoms with Crippen molar-refractivity contribution in [3.8, 4) is 9.88 Å². The first-order valence-electron chi connectivity index (χ1n) is 7.72. The Bertz CT molecular complexity index is 849. The highest BCUT2D eigenvalue weighted by Gasteiger charge is 2.32. The van der Waals surface area contributed by atoms with E-state index in [0.29, 0.717) is 18.8 Å². The summed E-state index contributed by atoms with van der Waals surface area (Å²) in [7, 11) is 1.96. The number of halogens is 2. The fourth-order valence-corrected chi connectivity index (χ4v) is 4.52. The van der Waals surface area contributed by atoms with E-state index in [1.807, 2.05) is 45.6 Å². The molecule has 1 amide bonds. The number of imidazole rings is 1. The predicted molar refractivity (Wildman–Crippen MR) is 110 cm³/mol. The second-order valence-corrected chi connectivity index (χ2v) is 7.44. The molecule has 1 saturated heterocycles. The van der Waals surface area contributed by atoms with Gasteiger partial charge in [0.1, 0.15) is 22.6 Å². The lowest BCUT2D eigenvalue weighted by atomic mass is 10.1. The van der Waals surface area contributed by atoms with Crippen molar-refractivity contribution in [3.05, 3.63) is 46.8 Å². The molecule has 0 spiro atoms. The van der Waals surface area contributed by atoms with E-state index in [9.17, 15) is 4.79 Å². The van der Waals surface area contributed by atoms with Gasteiger partial charge in [-0.1, -0.05) is 6.07 Å². The second kappa shape index (κ2) is 8.96. The summed E-state index contributed by atoms with van der Waals surface area (Å²) in [5.74, 6) is 0.868. The fourth-order valence-electron chi connectivity index (χ4n) is 2.91. The molecule has 0 aromatic carbocycles. The Morgan fingerprint density at radius 1 is 1.35 bits per heavy atom. The van der Waals surface area contributed by atoms with Crippen LogP contribution in [0, 0.1) is 0 Å². The minimum Gasteiger partial charge on any atom is -0.336 e. The van der Waals surface area contributed by atoms with Gasteiger partial charge in [-0.25, -0.2) is 9.97 Å². The number of thiazole rings is 1. The van der Waals surface area contributed by atoms with Gasteiger partial charge in [0.05, 0.1) is 4.88 Å². The van der Waals surface area contributed by atoms with Gasteiger partial charge >= 0.3 is 0 Å². The average molecular weight is 432 g/mol. The van der Waals surface area contributed by atoms with E-state index in [-0.39, 0.29) is 36.8 Å². The van der Waals surface area contributed by atoms with Gasteiger partial charge in [0.25, 0.3) is 5.91 Å². The predicted octanol–water partition coefficient (Wildman–Crippen LogP) is 3.24. The summed E-state index contributed by atoms with van der Waals surface area (Å²) < 4.78 is 1.97. The van der Waals surface area contributed by atoms with Crippen LogP contribution in [0.5, 0.6) is 0 Å². The molecule has 1 N–H and O–H groups in total. The number of hydrogen-bond donors (Lipinski definition) is 1. The van der Waals surface area contributed by atoms with Crippen molar-refractivity contribution < 1.29 is 4.79 Å². The van der Waals surface area contributed by atoms with E-state index < -0.39 is 0 Å². The van der Waals surface area contributed by atoms with Crippen molar-refractivity contribution in [2.24, 2.45) is 7.05 Å². The molecular weight excluding hydrogens is 413 g/mol. The normalized spacial score (nSPS) is 16.7. The molecule has 4 heterocycles. The zero-order valence-corrected chi connectivity index (χ0v) is 17.3. The number of hydrogen-bond acceptors (Lipinski definition) is 6. The monoisotopic (exact) mass is 431 g/mol. The number of aromatic nitrogens is 3. The van der Waals surface area contributed by atoms with Crippen LogP contribution < -0.4 is 5.32 Å². The minimum absolute atomic E-state index is 0. The second-order valence-electron chi connectivity index (χ2n) is 5.63. The number of thiophene rings is 1. The largest absolute Gasteiger partial charge is 0.336 e. The van der Waals surface area contributed by atoms with Gasteiger partial charge in [0.2, 0.25) is 0 Å². The summed E-state index contributed by atoms with van der Waals surface area (Å²) in [5, 5.41) is 8.13. The molecule has 6 nitrogen and oxygen atoms in total. The maximum absolute atomic E-state index is 13.0. The molecule has 140 valence electrons. The number of nitrogens with one attached hydrogen (secondary N) is 1. The van der Waals surface area contributed by atoms with Crippen LogP contribution in [0.2, 0.25) is 0 Å². The van der Waals surface area contributed by atoms with Crippen molar-refractivity contribution in [3.63, 3.8) is 0 Å². The summed E-state index contributed by atoms with van der Waals surface area (Å²) >= 11 is 3.15. The summed E-state index contributed by atoms with van der Waals surface area (Å²) in [6, 6.07) is 3.95. The van der Waals surface area contributed by atoms with Gasteiger partial charge in [-0.15, -0.1) is 47.5 Å². The number of nitrogens with zero attached hydrogens (tertiary/aromatic N) is 4. The molecule has 0 bridgehead atoms. The first-order chi connectivity index (χ1) is 11.7. The van der Waals surface area contributed by atoms with Gasteiger partial charge in [0, 0.05) is 44.5 Å². The van der Waals surface area contributed by atoms with Crippen LogP contribution >= 0.6 is 47.5 Å². The molecule has 4 rings (SSSR count). The van der Waals surface area contributed by atoms with Crippen molar-refractivity contribution >= 4 is 53.4 Å². The number of carbonyl (C=O) groups excluding carboxylic acids is 1. The Balaban J connectivity index is 0.00000121. The Labute approximate surface area is 172 Å². The summed E-state index contributed by atoms with van der Waals surface area (Å²) in [6.07, 6.45) is 3.68. The molecule has 3 aromatic heterocycles. The quantitative estimate of drug-likeness (QED) is 0.691. The molecule has 1 aliphatic rings. The number of carbonyl (C=O) groups is 1. The Kier molecular flexibility index (Phi) is 7.19. The smallest absolute Gasteiger partial charge is 0.274 e. The molecule has 0 saturated carbocycles. The van der Waals surface area contributed by atoms with Gasteiger partial charge in [-0.2, -0.15) is 0 Å². The van der Waals surface area contributed by atoms with Crippen molar-refractivity contribution in [1.82, 2.24) is 24.8 Å². The van der Waals surface area contributed by atoms with Gasteiger partial charge < -0.3 is 14.8 Å². The van der Waals surface area contributed by atoms with Crippen LogP contribution in [-0.4, -0.2) is 45.0 Å². The zero-order chi connectivity index (χ0) is 16.5. The van der Waals surface area contributed by atoms with E-state index in [2.05, 4.69) is 15.3 Å². The van der Waals surface area contributed by atoms with Crippen LogP contribution in [0.1, 0.15) is 22.4 Å². The van der Waals surface area contributed by atoms with E-state index in [4.69, 9.17) is 0 Å². The SMILES string of the molecule is Cl.Cl.Cn1ccnc1C1CNCCN1C(=O)c1csc(-c2cccs2)n1. The van der Waals surface area contributed by atoms with Gasteiger partial charge in [0.15, 0.2) is 0 Å². The third-order valence-electron chi connectivity index (χ3n) is 4.12. The van der Waals surface area contributed by atoms with Crippen LogP contribution in [0.15, 0.2) is 35.3 Å². The van der Waals surface area contributed by atoms with Crippen LogP contribution in [0.4, 0.5) is 0 Å². The lowest BCUT2D eigenvalue weighted by molar-refractivity contribution is 0.0615. The van der Waals surface area contributed by atoms with E-state index >= 15 is 0 Å². The molecule has 0 radical (unpaired) electrons. The van der Waals surface area contributed by atoms with Gasteiger partial charge in [-0.3, -0.25) is 4.79 Å².